The average molecular weight is 377 g/mol. The molecule has 0 heterocycles. The van der Waals surface area contributed by atoms with Crippen LogP contribution in [0.25, 0.3) is 5.76 Å². The number of benzene rings is 1. The Kier molecular flexibility index (Phi) is 6.65. The smallest absolute Gasteiger partial charge is 0.411 e. The molecule has 1 rings (SSSR count). The summed E-state index contributed by atoms with van der Waals surface area (Å²) in [4.78, 5) is 11.4. The lowest BCUT2D eigenvalue weighted by Crippen LogP contribution is -2.14. The van der Waals surface area contributed by atoms with E-state index in [0.717, 1.165) is 0 Å². The van der Waals surface area contributed by atoms with E-state index in [9.17, 15) is 9.90 Å². The summed E-state index contributed by atoms with van der Waals surface area (Å²) >= 11 is 1.96. The van der Waals surface area contributed by atoms with Crippen molar-refractivity contribution < 1.29 is 19.7 Å². The summed E-state index contributed by atoms with van der Waals surface area (Å²) < 4.78 is 5.42. The number of rotatable bonds is 5. The summed E-state index contributed by atoms with van der Waals surface area (Å²) in [5.74, 6) is 0.0436. The number of halogens is 1. The molecule has 0 unspecified atom stereocenters. The van der Waals surface area contributed by atoms with Gasteiger partial charge in [-0.15, -0.1) is 0 Å². The third kappa shape index (κ3) is 4.71. The Hall–Kier alpha value is -1.28. The van der Waals surface area contributed by atoms with Crippen LogP contribution in [0.1, 0.15) is 18.9 Å². The Morgan fingerprint density at radius 2 is 2.11 bits per heavy atom. The molecule has 104 valence electrons. The second-order valence-electron chi connectivity index (χ2n) is 3.62. The normalized spacial score (nSPS) is 11.7. The maximum atomic E-state index is 11.4. The molecule has 0 aliphatic heterocycles. The van der Waals surface area contributed by atoms with Gasteiger partial charge in [-0.05, 0) is 41.6 Å². The molecule has 1 amide bonds. The lowest BCUT2D eigenvalue weighted by Gasteiger charge is -2.11. The first-order valence-corrected chi connectivity index (χ1v) is 6.89. The minimum Gasteiger partial charge on any atom is -0.506 e. The van der Waals surface area contributed by atoms with Gasteiger partial charge in [0.15, 0.2) is 0 Å². The van der Waals surface area contributed by atoms with E-state index in [1.54, 1.807) is 31.2 Å². The maximum absolute atomic E-state index is 11.4. The van der Waals surface area contributed by atoms with E-state index in [1.807, 2.05) is 22.6 Å². The van der Waals surface area contributed by atoms with Crippen LogP contribution in [0.3, 0.4) is 0 Å². The summed E-state index contributed by atoms with van der Waals surface area (Å²) in [6.45, 7) is 1.95. The molecule has 0 saturated carbocycles. The SMILES string of the molecule is CCOC(=O)Nc1ccccc1/C(O)=C(\I)CCO. The monoisotopic (exact) mass is 377 g/mol. The first kappa shape index (κ1) is 15.8. The fourth-order valence-electron chi connectivity index (χ4n) is 1.44. The molecule has 0 atom stereocenters. The Morgan fingerprint density at radius 3 is 2.74 bits per heavy atom. The Balaban J connectivity index is 3.02. The zero-order chi connectivity index (χ0) is 14.3. The number of carbonyl (C=O) groups is 1. The summed E-state index contributed by atoms with van der Waals surface area (Å²) in [6, 6.07) is 6.86. The highest BCUT2D eigenvalue weighted by atomic mass is 127. The number of aliphatic hydroxyl groups excluding tert-OH is 2. The molecule has 3 N–H and O–H groups in total. The number of carbonyl (C=O) groups excluding carboxylic acids is 1. The fourth-order valence-corrected chi connectivity index (χ4v) is 1.97. The molecule has 6 heteroatoms. The molecule has 0 aliphatic carbocycles. The lowest BCUT2D eigenvalue weighted by molar-refractivity contribution is 0.168. The van der Waals surface area contributed by atoms with Crippen molar-refractivity contribution in [2.75, 3.05) is 18.5 Å². The van der Waals surface area contributed by atoms with Crippen molar-refractivity contribution in [3.05, 3.63) is 33.4 Å². The minimum absolute atomic E-state index is 0.0436. The number of ether oxygens (including phenoxy) is 1. The number of para-hydroxylation sites is 1. The van der Waals surface area contributed by atoms with Crippen molar-refractivity contribution in [3.8, 4) is 0 Å². The van der Waals surface area contributed by atoms with E-state index < -0.39 is 6.09 Å². The van der Waals surface area contributed by atoms with Gasteiger partial charge in [0.05, 0.1) is 12.3 Å². The van der Waals surface area contributed by atoms with E-state index in [0.29, 0.717) is 21.3 Å². The first-order valence-electron chi connectivity index (χ1n) is 5.81. The van der Waals surface area contributed by atoms with Gasteiger partial charge in [-0.1, -0.05) is 12.1 Å². The van der Waals surface area contributed by atoms with Crippen LogP contribution in [0.5, 0.6) is 0 Å². The zero-order valence-corrected chi connectivity index (χ0v) is 12.7. The topological polar surface area (TPSA) is 78.8 Å². The van der Waals surface area contributed by atoms with Gasteiger partial charge < -0.3 is 14.9 Å². The summed E-state index contributed by atoms with van der Waals surface area (Å²) in [5.41, 5.74) is 0.957. The molecule has 5 nitrogen and oxygen atoms in total. The highest BCUT2D eigenvalue weighted by Crippen LogP contribution is 2.28. The minimum atomic E-state index is -0.570. The van der Waals surface area contributed by atoms with Gasteiger partial charge in [0, 0.05) is 22.2 Å². The molecule has 1 aromatic rings. The standard InChI is InChI=1S/C13H16INO4/c1-2-19-13(18)15-11-6-4-3-5-9(11)12(17)10(14)7-8-16/h3-6,16-17H,2,7-8H2,1H3,(H,15,18)/b12-10+. The highest BCUT2D eigenvalue weighted by Gasteiger charge is 2.12. The number of aliphatic hydroxyl groups is 2. The second kappa shape index (κ2) is 8.00. The third-order valence-corrected chi connectivity index (χ3v) is 3.33. The van der Waals surface area contributed by atoms with Gasteiger partial charge in [-0.25, -0.2) is 4.79 Å². The molecule has 1 aromatic carbocycles. The molecular formula is C13H16INO4. The number of hydrogen-bond acceptors (Lipinski definition) is 4. The average Bonchev–Trinajstić information content (AvgIpc) is 2.39. The van der Waals surface area contributed by atoms with E-state index in [4.69, 9.17) is 9.84 Å². The van der Waals surface area contributed by atoms with Gasteiger partial charge >= 0.3 is 6.09 Å². The van der Waals surface area contributed by atoms with Crippen LogP contribution in [-0.2, 0) is 4.74 Å². The van der Waals surface area contributed by atoms with E-state index >= 15 is 0 Å². The van der Waals surface area contributed by atoms with E-state index in [-0.39, 0.29) is 19.0 Å². The maximum Gasteiger partial charge on any atom is 0.411 e. The van der Waals surface area contributed by atoms with Gasteiger partial charge in [0.1, 0.15) is 5.76 Å². The highest BCUT2D eigenvalue weighted by molar-refractivity contribution is 14.1. The first-order chi connectivity index (χ1) is 9.10. The van der Waals surface area contributed by atoms with Crippen LogP contribution >= 0.6 is 22.6 Å². The van der Waals surface area contributed by atoms with E-state index in [2.05, 4.69) is 5.32 Å². The van der Waals surface area contributed by atoms with Crippen molar-refractivity contribution >= 4 is 40.1 Å². The summed E-state index contributed by atoms with van der Waals surface area (Å²) in [6.07, 6.45) is -0.208. The Bertz CT molecular complexity index is 473. The molecule has 0 bridgehead atoms. The molecule has 19 heavy (non-hydrogen) atoms. The van der Waals surface area contributed by atoms with Crippen molar-refractivity contribution in [3.63, 3.8) is 0 Å². The molecule has 0 aliphatic rings. The van der Waals surface area contributed by atoms with Gasteiger partial charge in [-0.3, -0.25) is 5.32 Å². The van der Waals surface area contributed by atoms with Crippen LogP contribution in [0, 0.1) is 0 Å². The molecule has 0 saturated heterocycles. The van der Waals surface area contributed by atoms with Crippen molar-refractivity contribution in [1.82, 2.24) is 0 Å². The van der Waals surface area contributed by atoms with Gasteiger partial charge in [-0.2, -0.15) is 0 Å². The quantitative estimate of drug-likeness (QED) is 0.544. The Morgan fingerprint density at radius 1 is 1.42 bits per heavy atom. The molecular weight excluding hydrogens is 361 g/mol. The molecule has 0 spiro atoms. The predicted molar refractivity (Wildman–Crippen MR) is 82.4 cm³/mol. The third-order valence-electron chi connectivity index (χ3n) is 2.28. The summed E-state index contributed by atoms with van der Waals surface area (Å²) in [5, 5.41) is 21.6. The number of amides is 1. The van der Waals surface area contributed by atoms with Crippen molar-refractivity contribution in [2.45, 2.75) is 13.3 Å². The van der Waals surface area contributed by atoms with Gasteiger partial charge in [0.25, 0.3) is 0 Å². The van der Waals surface area contributed by atoms with Crippen LogP contribution < -0.4 is 5.32 Å². The number of anilines is 1. The molecule has 0 radical (unpaired) electrons. The number of nitrogens with one attached hydrogen (secondary N) is 1. The number of hydrogen-bond donors (Lipinski definition) is 3. The molecule has 0 aromatic heterocycles. The van der Waals surface area contributed by atoms with Gasteiger partial charge in [0.2, 0.25) is 0 Å². The van der Waals surface area contributed by atoms with Crippen LogP contribution in [0.15, 0.2) is 27.8 Å². The largest absolute Gasteiger partial charge is 0.506 e. The molecule has 0 fully saturated rings. The fraction of sp³-hybridized carbons (Fsp3) is 0.308. The second-order valence-corrected chi connectivity index (χ2v) is 4.92. The summed E-state index contributed by atoms with van der Waals surface area (Å²) in [7, 11) is 0. The van der Waals surface area contributed by atoms with Crippen molar-refractivity contribution in [1.29, 1.82) is 0 Å². The predicted octanol–water partition coefficient (Wildman–Crippen LogP) is 3.30. The van der Waals surface area contributed by atoms with Crippen LogP contribution in [0.2, 0.25) is 0 Å². The van der Waals surface area contributed by atoms with Crippen LogP contribution in [0.4, 0.5) is 10.5 Å². The Labute approximate surface area is 125 Å². The zero-order valence-electron chi connectivity index (χ0n) is 10.5. The van der Waals surface area contributed by atoms with Crippen LogP contribution in [-0.4, -0.2) is 29.5 Å². The van der Waals surface area contributed by atoms with E-state index in [1.165, 1.54) is 0 Å². The van der Waals surface area contributed by atoms with Crippen molar-refractivity contribution in [2.24, 2.45) is 0 Å². The lowest BCUT2D eigenvalue weighted by atomic mass is 10.1.